The summed E-state index contributed by atoms with van der Waals surface area (Å²) in [6, 6.07) is 8.86. The van der Waals surface area contributed by atoms with Crippen LogP contribution < -0.4 is 5.32 Å². The number of rotatable bonds is 5. The summed E-state index contributed by atoms with van der Waals surface area (Å²) in [6.07, 6.45) is 9.38. The van der Waals surface area contributed by atoms with Gasteiger partial charge < -0.3 is 9.73 Å². The molecule has 1 N–H and O–H groups in total. The van der Waals surface area contributed by atoms with E-state index in [9.17, 15) is 0 Å². The number of aromatic nitrogens is 2. The number of nitrogens with one attached hydrogen (secondary N) is 1. The highest BCUT2D eigenvalue weighted by molar-refractivity contribution is 5.58. The lowest BCUT2D eigenvalue weighted by molar-refractivity contribution is 0.319. The average molecular weight is 285 g/mol. The highest BCUT2D eigenvalue weighted by Crippen LogP contribution is 2.29. The largest absolute Gasteiger partial charge is 0.423 e. The van der Waals surface area contributed by atoms with E-state index in [1.54, 1.807) is 0 Å². The van der Waals surface area contributed by atoms with Crippen LogP contribution in [0.15, 0.2) is 35.1 Å². The first kappa shape index (κ1) is 14.1. The Morgan fingerprint density at radius 2 is 1.90 bits per heavy atom. The summed E-state index contributed by atoms with van der Waals surface area (Å²) in [5, 5.41) is 11.3. The maximum absolute atomic E-state index is 5.20. The van der Waals surface area contributed by atoms with Gasteiger partial charge in [-0.05, 0) is 55.9 Å². The minimum Gasteiger partial charge on any atom is -0.423 e. The summed E-state index contributed by atoms with van der Waals surface area (Å²) in [5.41, 5.74) is 2.14. The summed E-state index contributed by atoms with van der Waals surface area (Å²) in [6.45, 7) is 2.29. The molecule has 1 aromatic carbocycles. The Hall–Kier alpha value is -1.84. The molecule has 2 aromatic rings. The second kappa shape index (κ2) is 6.74. The normalized spacial score (nSPS) is 22.1. The van der Waals surface area contributed by atoms with E-state index in [1.807, 2.05) is 12.1 Å². The van der Waals surface area contributed by atoms with Gasteiger partial charge in [0.1, 0.15) is 0 Å². The second-order valence-corrected chi connectivity index (χ2v) is 5.97. The molecule has 0 saturated heterocycles. The minimum atomic E-state index is 0.571. The van der Waals surface area contributed by atoms with Crippen molar-refractivity contribution in [2.45, 2.75) is 51.5 Å². The molecule has 3 rings (SSSR count). The van der Waals surface area contributed by atoms with E-state index in [-0.39, 0.29) is 0 Å². The molecule has 1 fully saturated rings. The quantitative estimate of drug-likeness (QED) is 0.878. The fraction of sp³-hybridized carbons (Fsp3) is 0.529. The van der Waals surface area contributed by atoms with E-state index in [0.717, 1.165) is 11.5 Å². The first-order valence-electron chi connectivity index (χ1n) is 7.98. The van der Waals surface area contributed by atoms with E-state index >= 15 is 0 Å². The molecule has 21 heavy (non-hydrogen) atoms. The Morgan fingerprint density at radius 1 is 1.14 bits per heavy atom. The monoisotopic (exact) mass is 285 g/mol. The highest BCUT2D eigenvalue weighted by Gasteiger charge is 2.20. The molecular weight excluding hydrogens is 262 g/mol. The number of nitrogens with zero attached hydrogens (tertiary/aromatic N) is 2. The Bertz CT molecular complexity index is 528. The van der Waals surface area contributed by atoms with Crippen molar-refractivity contribution in [2.24, 2.45) is 5.92 Å². The molecule has 0 atom stereocenters. The lowest BCUT2D eigenvalue weighted by atomic mass is 9.83. The van der Waals surface area contributed by atoms with E-state index in [1.165, 1.54) is 50.6 Å². The van der Waals surface area contributed by atoms with Crippen molar-refractivity contribution < 1.29 is 4.42 Å². The van der Waals surface area contributed by atoms with E-state index in [4.69, 9.17) is 4.42 Å². The zero-order valence-electron chi connectivity index (χ0n) is 12.6. The van der Waals surface area contributed by atoms with Gasteiger partial charge in [0, 0.05) is 17.3 Å². The van der Waals surface area contributed by atoms with Crippen LogP contribution in [0.5, 0.6) is 0 Å². The molecule has 0 amide bonds. The third-order valence-corrected chi connectivity index (χ3v) is 4.41. The van der Waals surface area contributed by atoms with Crippen LogP contribution in [0.2, 0.25) is 0 Å². The summed E-state index contributed by atoms with van der Waals surface area (Å²) in [7, 11) is 0. The molecule has 0 unspecified atom stereocenters. The SMILES string of the molecule is CCCC1CCC(Nc2ccc(-c3nnco3)cc2)CC1. The smallest absolute Gasteiger partial charge is 0.247 e. The van der Waals surface area contributed by atoms with Gasteiger partial charge in [-0.15, -0.1) is 10.2 Å². The van der Waals surface area contributed by atoms with Crippen molar-refractivity contribution >= 4 is 5.69 Å². The van der Waals surface area contributed by atoms with Gasteiger partial charge in [0.2, 0.25) is 12.3 Å². The zero-order valence-corrected chi connectivity index (χ0v) is 12.6. The van der Waals surface area contributed by atoms with Crippen LogP contribution in [0.4, 0.5) is 5.69 Å². The van der Waals surface area contributed by atoms with Crippen LogP contribution in [0.3, 0.4) is 0 Å². The lowest BCUT2D eigenvalue weighted by Gasteiger charge is -2.29. The van der Waals surface area contributed by atoms with Gasteiger partial charge in [0.15, 0.2) is 0 Å². The maximum atomic E-state index is 5.20. The topological polar surface area (TPSA) is 51.0 Å². The third kappa shape index (κ3) is 3.63. The molecule has 0 aliphatic heterocycles. The van der Waals surface area contributed by atoms with Gasteiger partial charge in [-0.1, -0.05) is 19.8 Å². The van der Waals surface area contributed by atoms with Crippen LogP contribution in [0, 0.1) is 5.92 Å². The Morgan fingerprint density at radius 3 is 2.52 bits per heavy atom. The van der Waals surface area contributed by atoms with Crippen LogP contribution in [-0.2, 0) is 0 Å². The Kier molecular flexibility index (Phi) is 4.53. The van der Waals surface area contributed by atoms with Crippen molar-refractivity contribution in [1.82, 2.24) is 10.2 Å². The van der Waals surface area contributed by atoms with Crippen LogP contribution in [0.25, 0.3) is 11.5 Å². The van der Waals surface area contributed by atoms with Crippen LogP contribution in [0.1, 0.15) is 45.4 Å². The van der Waals surface area contributed by atoms with Gasteiger partial charge in [-0.3, -0.25) is 0 Å². The van der Waals surface area contributed by atoms with Crippen molar-refractivity contribution in [3.05, 3.63) is 30.7 Å². The van der Waals surface area contributed by atoms with Crippen LogP contribution >= 0.6 is 0 Å². The summed E-state index contributed by atoms with van der Waals surface area (Å²) < 4.78 is 5.20. The zero-order chi connectivity index (χ0) is 14.5. The number of anilines is 1. The molecule has 1 aliphatic carbocycles. The van der Waals surface area contributed by atoms with Crippen molar-refractivity contribution in [2.75, 3.05) is 5.32 Å². The Labute approximate surface area is 126 Å². The predicted molar refractivity (Wildman–Crippen MR) is 84.0 cm³/mol. The van der Waals surface area contributed by atoms with Crippen LogP contribution in [-0.4, -0.2) is 16.2 Å². The summed E-state index contributed by atoms with van der Waals surface area (Å²) >= 11 is 0. The van der Waals surface area contributed by atoms with Gasteiger partial charge in [0.25, 0.3) is 0 Å². The molecule has 1 heterocycles. The molecule has 112 valence electrons. The van der Waals surface area contributed by atoms with E-state index in [0.29, 0.717) is 11.9 Å². The fourth-order valence-corrected chi connectivity index (χ4v) is 3.25. The number of hydrogen-bond acceptors (Lipinski definition) is 4. The molecule has 4 nitrogen and oxygen atoms in total. The van der Waals surface area contributed by atoms with Crippen molar-refractivity contribution in [1.29, 1.82) is 0 Å². The van der Waals surface area contributed by atoms with Gasteiger partial charge >= 0.3 is 0 Å². The first-order chi connectivity index (χ1) is 10.3. The summed E-state index contributed by atoms with van der Waals surface area (Å²) in [4.78, 5) is 0. The van der Waals surface area contributed by atoms with Gasteiger partial charge in [-0.2, -0.15) is 0 Å². The van der Waals surface area contributed by atoms with E-state index < -0.39 is 0 Å². The predicted octanol–water partition coefficient (Wildman–Crippen LogP) is 4.51. The third-order valence-electron chi connectivity index (χ3n) is 4.41. The van der Waals surface area contributed by atoms with E-state index in [2.05, 4.69) is 34.6 Å². The molecular formula is C17H23N3O. The molecule has 1 aliphatic rings. The summed E-state index contributed by atoms with van der Waals surface area (Å²) in [5.74, 6) is 1.52. The standard InChI is InChI=1S/C17H23N3O/c1-2-3-13-4-8-15(9-5-13)19-16-10-6-14(7-11-16)17-20-18-12-21-17/h6-7,10-13,15,19H,2-5,8-9H2,1H3. The average Bonchev–Trinajstić information content (AvgIpc) is 3.05. The highest BCUT2D eigenvalue weighted by atomic mass is 16.4. The second-order valence-electron chi connectivity index (χ2n) is 5.97. The molecule has 0 spiro atoms. The minimum absolute atomic E-state index is 0.571. The Balaban J connectivity index is 1.54. The van der Waals surface area contributed by atoms with Gasteiger partial charge in [-0.25, -0.2) is 0 Å². The van der Waals surface area contributed by atoms with Crippen molar-refractivity contribution in [3.8, 4) is 11.5 Å². The van der Waals surface area contributed by atoms with Gasteiger partial charge in [0.05, 0.1) is 0 Å². The lowest BCUT2D eigenvalue weighted by Crippen LogP contribution is -2.26. The number of hydrogen-bond donors (Lipinski definition) is 1. The molecule has 4 heteroatoms. The molecule has 1 aromatic heterocycles. The first-order valence-corrected chi connectivity index (χ1v) is 7.98. The molecule has 0 bridgehead atoms. The van der Waals surface area contributed by atoms with Crippen molar-refractivity contribution in [3.63, 3.8) is 0 Å². The molecule has 0 radical (unpaired) electrons. The maximum Gasteiger partial charge on any atom is 0.247 e. The fourth-order valence-electron chi connectivity index (χ4n) is 3.25. The molecule has 1 saturated carbocycles. The number of benzene rings is 1.